The van der Waals surface area contributed by atoms with Gasteiger partial charge < -0.3 is 24.2 Å². The number of benzene rings is 1. The first kappa shape index (κ1) is 25.4. The van der Waals surface area contributed by atoms with Crippen LogP contribution in [-0.2, 0) is 25.2 Å². The van der Waals surface area contributed by atoms with Gasteiger partial charge >= 0.3 is 0 Å². The van der Waals surface area contributed by atoms with Crippen LogP contribution in [0.5, 0.6) is 11.5 Å². The second-order valence-electron chi connectivity index (χ2n) is 8.73. The minimum absolute atomic E-state index is 0.112. The number of aromatic nitrogens is 1. The average molecular weight is 506 g/mol. The van der Waals surface area contributed by atoms with Gasteiger partial charge in [-0.3, -0.25) is 9.78 Å². The number of hydrogen-bond donors (Lipinski definition) is 1. The molecule has 0 radical (unpaired) electrons. The molecule has 1 unspecified atom stereocenters. The lowest BCUT2D eigenvalue weighted by atomic mass is 9.88. The fourth-order valence-electron chi connectivity index (χ4n) is 4.48. The van der Waals surface area contributed by atoms with Gasteiger partial charge in [-0.15, -0.1) is 0 Å². The predicted octanol–water partition coefficient (Wildman–Crippen LogP) is 1.39. The molecule has 190 valence electrons. The lowest BCUT2D eigenvalue weighted by molar-refractivity contribution is -0.142. The maximum absolute atomic E-state index is 13.1. The molecule has 0 aliphatic carbocycles. The Morgan fingerprint density at radius 3 is 2.51 bits per heavy atom. The highest BCUT2D eigenvalue weighted by Gasteiger charge is 2.37. The molecule has 10 nitrogen and oxygen atoms in total. The van der Waals surface area contributed by atoms with Gasteiger partial charge in [-0.2, -0.15) is 4.31 Å². The Bertz CT molecular complexity index is 1140. The van der Waals surface area contributed by atoms with Crippen molar-refractivity contribution in [2.75, 3.05) is 47.0 Å². The van der Waals surface area contributed by atoms with Crippen LogP contribution < -0.4 is 9.47 Å². The van der Waals surface area contributed by atoms with E-state index in [-0.39, 0.29) is 30.1 Å². The van der Waals surface area contributed by atoms with E-state index in [2.05, 4.69) is 4.98 Å². The number of likely N-dealkylation sites (tertiary alicyclic amines) is 1. The molecule has 1 aromatic heterocycles. The molecule has 0 bridgehead atoms. The summed E-state index contributed by atoms with van der Waals surface area (Å²) in [6, 6.07) is 9.91. The van der Waals surface area contributed by atoms with Gasteiger partial charge in [0.15, 0.2) is 11.5 Å². The second kappa shape index (κ2) is 10.5. The number of carbonyl (C=O) groups is 1. The van der Waals surface area contributed by atoms with Crippen molar-refractivity contribution in [1.82, 2.24) is 14.2 Å². The average Bonchev–Trinajstić information content (AvgIpc) is 3.38. The molecule has 0 saturated carbocycles. The van der Waals surface area contributed by atoms with E-state index in [9.17, 15) is 18.3 Å². The molecule has 11 heteroatoms. The van der Waals surface area contributed by atoms with Crippen molar-refractivity contribution >= 4 is 15.9 Å². The third-order valence-electron chi connectivity index (χ3n) is 6.63. The summed E-state index contributed by atoms with van der Waals surface area (Å²) in [5, 5.41) is 10.9. The minimum Gasteiger partial charge on any atom is -0.493 e. The smallest absolute Gasteiger partial charge is 0.248 e. The molecule has 2 aromatic rings. The van der Waals surface area contributed by atoms with Crippen molar-refractivity contribution in [3.8, 4) is 11.5 Å². The maximum Gasteiger partial charge on any atom is 0.248 e. The molecule has 1 N–H and O–H groups in total. The van der Waals surface area contributed by atoms with E-state index >= 15 is 0 Å². The summed E-state index contributed by atoms with van der Waals surface area (Å²) in [6.07, 6.45) is 2.57. The number of methoxy groups -OCH3 is 2. The molecule has 1 atom stereocenters. The number of pyridine rings is 1. The Hall–Kier alpha value is -2.73. The molecule has 4 rings (SSSR count). The molecule has 1 amide bonds. The number of aliphatic hydroxyl groups is 1. The first-order valence-corrected chi connectivity index (χ1v) is 13.0. The van der Waals surface area contributed by atoms with Crippen molar-refractivity contribution in [2.45, 2.75) is 35.9 Å². The van der Waals surface area contributed by atoms with Crippen molar-refractivity contribution in [2.24, 2.45) is 0 Å². The largest absolute Gasteiger partial charge is 0.493 e. The number of carbonyl (C=O) groups excluding carboxylic acids is 1. The molecule has 35 heavy (non-hydrogen) atoms. The van der Waals surface area contributed by atoms with Gasteiger partial charge in [0.25, 0.3) is 0 Å². The monoisotopic (exact) mass is 505 g/mol. The van der Waals surface area contributed by atoms with E-state index in [1.807, 2.05) is 6.07 Å². The highest BCUT2D eigenvalue weighted by atomic mass is 32.2. The zero-order chi connectivity index (χ0) is 25.1. The Kier molecular flexibility index (Phi) is 7.60. The van der Waals surface area contributed by atoms with E-state index in [1.54, 1.807) is 29.3 Å². The fourth-order valence-corrected chi connectivity index (χ4v) is 5.98. The van der Waals surface area contributed by atoms with E-state index in [0.717, 1.165) is 0 Å². The number of piperidine rings is 1. The van der Waals surface area contributed by atoms with Crippen LogP contribution in [0.4, 0.5) is 0 Å². The Morgan fingerprint density at radius 2 is 1.86 bits per heavy atom. The van der Waals surface area contributed by atoms with E-state index in [0.29, 0.717) is 56.1 Å². The van der Waals surface area contributed by atoms with Crippen LogP contribution >= 0.6 is 0 Å². The molecule has 3 heterocycles. The third kappa shape index (κ3) is 5.43. The SMILES string of the molecule is COc1ccc(S(=O)(=O)N2CCC(OCC(=O)N3CCC(O)(c4ccccn4)CC3)C2)cc1OC. The lowest BCUT2D eigenvalue weighted by Crippen LogP contribution is -2.47. The fraction of sp³-hybridized carbons (Fsp3) is 0.500. The summed E-state index contributed by atoms with van der Waals surface area (Å²) in [6.45, 7) is 1.15. The van der Waals surface area contributed by atoms with Gasteiger partial charge in [-0.1, -0.05) is 6.07 Å². The standard InChI is InChI=1S/C24H31N3O7S/c1-32-20-7-6-19(15-21(20)33-2)35(30,31)27-12-8-18(16-27)34-17-23(28)26-13-9-24(29,10-14-26)22-5-3-4-11-25-22/h3-7,11,15,18,29H,8-10,12-14,16-17H2,1-2H3. The number of amides is 1. The summed E-state index contributed by atoms with van der Waals surface area (Å²) >= 11 is 0. The van der Waals surface area contributed by atoms with E-state index in [4.69, 9.17) is 14.2 Å². The van der Waals surface area contributed by atoms with Gasteiger partial charge in [-0.05, 0) is 43.5 Å². The first-order chi connectivity index (χ1) is 16.8. The van der Waals surface area contributed by atoms with Crippen LogP contribution in [0.25, 0.3) is 0 Å². The van der Waals surface area contributed by atoms with Crippen LogP contribution in [0.15, 0.2) is 47.5 Å². The van der Waals surface area contributed by atoms with Gasteiger partial charge in [0.05, 0.1) is 30.9 Å². The molecule has 0 spiro atoms. The molecular weight excluding hydrogens is 474 g/mol. The van der Waals surface area contributed by atoms with E-state index in [1.165, 1.54) is 30.7 Å². The Morgan fingerprint density at radius 1 is 1.11 bits per heavy atom. The highest BCUT2D eigenvalue weighted by Crippen LogP contribution is 2.33. The van der Waals surface area contributed by atoms with Crippen molar-refractivity contribution < 1.29 is 32.5 Å². The van der Waals surface area contributed by atoms with E-state index < -0.39 is 15.6 Å². The zero-order valence-corrected chi connectivity index (χ0v) is 20.7. The summed E-state index contributed by atoms with van der Waals surface area (Å²) < 4.78 is 43.7. The second-order valence-corrected chi connectivity index (χ2v) is 10.7. The predicted molar refractivity (Wildman–Crippen MR) is 127 cm³/mol. The van der Waals surface area contributed by atoms with Gasteiger partial charge in [0, 0.05) is 38.4 Å². The summed E-state index contributed by atoms with van der Waals surface area (Å²) in [5.74, 6) is 0.612. The number of ether oxygens (including phenoxy) is 3. The molecule has 1 aromatic carbocycles. The van der Waals surface area contributed by atoms with Crippen molar-refractivity contribution in [3.63, 3.8) is 0 Å². The van der Waals surface area contributed by atoms with Crippen LogP contribution in [0.2, 0.25) is 0 Å². The van der Waals surface area contributed by atoms with Crippen molar-refractivity contribution in [3.05, 3.63) is 48.3 Å². The number of nitrogens with zero attached hydrogens (tertiary/aromatic N) is 3. The zero-order valence-electron chi connectivity index (χ0n) is 19.9. The molecule has 2 saturated heterocycles. The minimum atomic E-state index is -3.74. The van der Waals surface area contributed by atoms with Gasteiger partial charge in [0.1, 0.15) is 12.2 Å². The Balaban J connectivity index is 1.28. The molecular formula is C24H31N3O7S. The lowest BCUT2D eigenvalue weighted by Gasteiger charge is -2.37. The maximum atomic E-state index is 13.1. The topological polar surface area (TPSA) is 118 Å². The van der Waals surface area contributed by atoms with Crippen LogP contribution in [0.3, 0.4) is 0 Å². The molecule has 2 fully saturated rings. The summed E-state index contributed by atoms with van der Waals surface area (Å²) in [4.78, 5) is 18.7. The number of hydrogen-bond acceptors (Lipinski definition) is 8. The normalized spacial score (nSPS) is 20.5. The van der Waals surface area contributed by atoms with Crippen molar-refractivity contribution in [1.29, 1.82) is 0 Å². The number of rotatable bonds is 8. The summed E-state index contributed by atoms with van der Waals surface area (Å²) in [7, 11) is -0.802. The van der Waals surface area contributed by atoms with Gasteiger partial charge in [-0.25, -0.2) is 8.42 Å². The third-order valence-corrected chi connectivity index (χ3v) is 8.49. The quantitative estimate of drug-likeness (QED) is 0.572. The van der Waals surface area contributed by atoms with Crippen LogP contribution in [0.1, 0.15) is 25.0 Å². The molecule has 2 aliphatic rings. The molecule has 2 aliphatic heterocycles. The summed E-state index contributed by atoms with van der Waals surface area (Å²) in [5.41, 5.74) is -0.423. The Labute approximate surface area is 205 Å². The van der Waals surface area contributed by atoms with Gasteiger partial charge in [0.2, 0.25) is 15.9 Å². The van der Waals surface area contributed by atoms with Crippen LogP contribution in [0, 0.1) is 0 Å². The van der Waals surface area contributed by atoms with Crippen LogP contribution in [-0.4, -0.2) is 86.7 Å². The number of sulfonamides is 1. The highest BCUT2D eigenvalue weighted by molar-refractivity contribution is 7.89. The first-order valence-electron chi connectivity index (χ1n) is 11.5.